The van der Waals surface area contributed by atoms with Crippen molar-refractivity contribution >= 4 is 11.8 Å². The first-order valence-corrected chi connectivity index (χ1v) is 9.30. The fourth-order valence-corrected chi connectivity index (χ4v) is 4.29. The van der Waals surface area contributed by atoms with Crippen LogP contribution in [0.5, 0.6) is 5.75 Å². The molecule has 6 nitrogen and oxygen atoms in total. The highest BCUT2D eigenvalue weighted by atomic mass is 16.5. The van der Waals surface area contributed by atoms with Crippen molar-refractivity contribution in [3.8, 4) is 5.75 Å². The molecule has 2 aliphatic rings. The van der Waals surface area contributed by atoms with Gasteiger partial charge in [-0.25, -0.2) is 0 Å². The van der Waals surface area contributed by atoms with Gasteiger partial charge in [0.25, 0.3) is 5.91 Å². The molecule has 2 amide bonds. The normalized spacial score (nSPS) is 23.4. The molecule has 2 heterocycles. The Morgan fingerprint density at radius 2 is 2.12 bits per heavy atom. The summed E-state index contributed by atoms with van der Waals surface area (Å²) in [6, 6.07) is 5.65. The van der Waals surface area contributed by atoms with Crippen LogP contribution in [0.3, 0.4) is 0 Å². The van der Waals surface area contributed by atoms with E-state index in [1.165, 1.54) is 0 Å². The Morgan fingerprint density at radius 1 is 1.31 bits per heavy atom. The van der Waals surface area contributed by atoms with Crippen LogP contribution >= 0.6 is 0 Å². The third-order valence-electron chi connectivity index (χ3n) is 5.65. The summed E-state index contributed by atoms with van der Waals surface area (Å²) < 4.78 is 5.41. The molecule has 0 aliphatic carbocycles. The van der Waals surface area contributed by atoms with Crippen molar-refractivity contribution in [2.45, 2.75) is 32.6 Å². The molecule has 2 saturated heterocycles. The van der Waals surface area contributed by atoms with Gasteiger partial charge < -0.3 is 19.6 Å². The summed E-state index contributed by atoms with van der Waals surface area (Å²) in [5.74, 6) is 0.704. The highest BCUT2D eigenvalue weighted by Gasteiger charge is 2.42. The van der Waals surface area contributed by atoms with Crippen LogP contribution in [0.25, 0.3) is 0 Å². The molecule has 3 rings (SSSR count). The van der Waals surface area contributed by atoms with E-state index in [4.69, 9.17) is 4.74 Å². The Kier molecular flexibility index (Phi) is 5.51. The molecule has 0 radical (unpaired) electrons. The number of aryl methyl sites for hydroxylation is 1. The first-order valence-electron chi connectivity index (χ1n) is 9.30. The van der Waals surface area contributed by atoms with Crippen molar-refractivity contribution in [2.75, 3.05) is 39.9 Å². The second-order valence-corrected chi connectivity index (χ2v) is 7.57. The Morgan fingerprint density at radius 3 is 2.85 bits per heavy atom. The van der Waals surface area contributed by atoms with Gasteiger partial charge in [-0.2, -0.15) is 0 Å². The van der Waals surface area contributed by atoms with Crippen molar-refractivity contribution in [3.05, 3.63) is 29.3 Å². The van der Waals surface area contributed by atoms with E-state index in [9.17, 15) is 14.7 Å². The van der Waals surface area contributed by atoms with Crippen molar-refractivity contribution in [1.82, 2.24) is 9.80 Å². The van der Waals surface area contributed by atoms with E-state index >= 15 is 0 Å². The summed E-state index contributed by atoms with van der Waals surface area (Å²) in [4.78, 5) is 28.9. The van der Waals surface area contributed by atoms with Crippen molar-refractivity contribution in [2.24, 2.45) is 5.41 Å². The minimum atomic E-state index is -0.0606. The van der Waals surface area contributed by atoms with E-state index in [2.05, 4.69) is 0 Å². The number of hydrogen-bond donors (Lipinski definition) is 1. The maximum atomic E-state index is 13.1. The lowest BCUT2D eigenvalue weighted by atomic mass is 9.73. The predicted molar refractivity (Wildman–Crippen MR) is 98.2 cm³/mol. The fourth-order valence-electron chi connectivity index (χ4n) is 4.29. The largest absolute Gasteiger partial charge is 0.496 e. The zero-order chi connectivity index (χ0) is 18.7. The van der Waals surface area contributed by atoms with E-state index in [1.807, 2.05) is 30.0 Å². The molecule has 6 heteroatoms. The van der Waals surface area contributed by atoms with Crippen LogP contribution in [0.2, 0.25) is 0 Å². The lowest BCUT2D eigenvalue weighted by Crippen LogP contribution is -2.55. The molecule has 1 N–H and O–H groups in total. The fraction of sp³-hybridized carbons (Fsp3) is 0.600. The van der Waals surface area contributed by atoms with Gasteiger partial charge in [-0.15, -0.1) is 0 Å². The number of amides is 2. The summed E-state index contributed by atoms with van der Waals surface area (Å²) >= 11 is 0. The molecule has 0 bridgehead atoms. The zero-order valence-electron chi connectivity index (χ0n) is 15.7. The van der Waals surface area contributed by atoms with E-state index in [0.29, 0.717) is 37.4 Å². The van der Waals surface area contributed by atoms with Gasteiger partial charge in [0.2, 0.25) is 5.91 Å². The van der Waals surface area contributed by atoms with Gasteiger partial charge in [0.05, 0.1) is 19.3 Å². The van der Waals surface area contributed by atoms with E-state index in [0.717, 1.165) is 31.4 Å². The van der Waals surface area contributed by atoms with Gasteiger partial charge in [0.1, 0.15) is 5.75 Å². The summed E-state index contributed by atoms with van der Waals surface area (Å²) in [5.41, 5.74) is 1.59. The zero-order valence-corrected chi connectivity index (χ0v) is 15.7. The number of piperidine rings is 2. The Bertz CT molecular complexity index is 690. The smallest absolute Gasteiger partial charge is 0.257 e. The summed E-state index contributed by atoms with van der Waals surface area (Å²) in [5, 5.41) is 9.22. The number of benzene rings is 1. The maximum absolute atomic E-state index is 13.1. The van der Waals surface area contributed by atoms with E-state index < -0.39 is 0 Å². The van der Waals surface area contributed by atoms with Gasteiger partial charge >= 0.3 is 0 Å². The molecule has 26 heavy (non-hydrogen) atoms. The molecule has 0 saturated carbocycles. The molecule has 0 unspecified atom stereocenters. The average molecular weight is 360 g/mol. The number of ether oxygens (including phenoxy) is 1. The highest BCUT2D eigenvalue weighted by Crippen LogP contribution is 2.39. The lowest BCUT2D eigenvalue weighted by molar-refractivity contribution is -0.139. The molecule has 0 aromatic heterocycles. The Hall–Kier alpha value is -2.08. The number of carbonyl (C=O) groups is 2. The van der Waals surface area contributed by atoms with Crippen LogP contribution in [-0.4, -0.2) is 66.6 Å². The van der Waals surface area contributed by atoms with Crippen molar-refractivity contribution < 1.29 is 19.4 Å². The summed E-state index contributed by atoms with van der Waals surface area (Å²) in [6.07, 6.45) is 3.25. The van der Waals surface area contributed by atoms with Gasteiger partial charge in [-0.3, -0.25) is 9.59 Å². The highest BCUT2D eigenvalue weighted by molar-refractivity contribution is 5.97. The number of nitrogens with zero attached hydrogens (tertiary/aromatic N) is 2. The van der Waals surface area contributed by atoms with Gasteiger partial charge in [0.15, 0.2) is 0 Å². The Labute approximate surface area is 154 Å². The predicted octanol–water partition coefficient (Wildman–Crippen LogP) is 1.84. The molecule has 142 valence electrons. The van der Waals surface area contributed by atoms with Crippen molar-refractivity contribution in [1.29, 1.82) is 0 Å². The number of aliphatic hydroxyl groups excluding tert-OH is 1. The summed E-state index contributed by atoms with van der Waals surface area (Å²) in [6.45, 7) is 4.33. The molecule has 1 spiro atoms. The number of likely N-dealkylation sites (tertiary alicyclic amines) is 2. The molecule has 2 fully saturated rings. The average Bonchev–Trinajstić information content (AvgIpc) is 2.64. The number of β-amino-alcohol motifs (C(OH)–C–C–N with tert-alkyl or cyclic N) is 1. The van der Waals surface area contributed by atoms with Gasteiger partial charge in [-0.05, 0) is 43.9 Å². The van der Waals surface area contributed by atoms with Gasteiger partial charge in [0, 0.05) is 38.0 Å². The molecule has 1 aromatic rings. The molecular weight excluding hydrogens is 332 g/mol. The number of rotatable bonds is 4. The first-order chi connectivity index (χ1) is 12.5. The van der Waals surface area contributed by atoms with E-state index in [1.54, 1.807) is 12.0 Å². The SMILES string of the molecule is COc1cc(C)ccc1C(=O)N1CCC[C@]2(CCC(=O)N(CCO)C2)C1. The van der Waals surface area contributed by atoms with E-state index in [-0.39, 0.29) is 23.8 Å². The quantitative estimate of drug-likeness (QED) is 0.889. The number of aliphatic hydroxyl groups is 1. The Balaban J connectivity index is 1.78. The van der Waals surface area contributed by atoms with Crippen LogP contribution in [-0.2, 0) is 4.79 Å². The monoisotopic (exact) mass is 360 g/mol. The molecule has 1 aromatic carbocycles. The van der Waals surface area contributed by atoms with Crippen LogP contribution < -0.4 is 4.74 Å². The first kappa shape index (κ1) is 18.7. The minimum Gasteiger partial charge on any atom is -0.496 e. The summed E-state index contributed by atoms with van der Waals surface area (Å²) in [7, 11) is 1.59. The standard InChI is InChI=1S/C20H28N2O4/c1-15-4-5-16(17(12-15)26-2)19(25)22-9-3-7-20(14-22)8-6-18(24)21(13-20)10-11-23/h4-5,12,23H,3,6-11,13-14H2,1-2H3/t20-/m1/s1. The van der Waals surface area contributed by atoms with Crippen LogP contribution in [0.1, 0.15) is 41.6 Å². The number of methoxy groups -OCH3 is 1. The molecule has 2 aliphatic heterocycles. The number of carbonyl (C=O) groups excluding carboxylic acids is 2. The second kappa shape index (κ2) is 7.66. The minimum absolute atomic E-state index is 0.00784. The van der Waals surface area contributed by atoms with Gasteiger partial charge in [-0.1, -0.05) is 6.07 Å². The second-order valence-electron chi connectivity index (χ2n) is 7.57. The third kappa shape index (κ3) is 3.70. The molecule has 1 atom stereocenters. The third-order valence-corrected chi connectivity index (χ3v) is 5.65. The lowest BCUT2D eigenvalue weighted by Gasteiger charge is -2.48. The van der Waals surface area contributed by atoms with Crippen LogP contribution in [0.15, 0.2) is 18.2 Å². The van der Waals surface area contributed by atoms with Crippen LogP contribution in [0, 0.1) is 12.3 Å². The topological polar surface area (TPSA) is 70.1 Å². The van der Waals surface area contributed by atoms with Crippen LogP contribution in [0.4, 0.5) is 0 Å². The molecular formula is C20H28N2O4. The van der Waals surface area contributed by atoms with Crippen molar-refractivity contribution in [3.63, 3.8) is 0 Å². The number of hydrogen-bond acceptors (Lipinski definition) is 4. The maximum Gasteiger partial charge on any atom is 0.257 e.